The zero-order valence-electron chi connectivity index (χ0n) is 22.1. The first kappa shape index (κ1) is 26.2. The molecule has 0 aliphatic carbocycles. The minimum absolute atomic E-state index is 0.0207. The van der Waals surface area contributed by atoms with Crippen molar-refractivity contribution < 1.29 is 18.7 Å². The molecule has 0 spiro atoms. The molecule has 5 nitrogen and oxygen atoms in total. The van der Waals surface area contributed by atoms with Gasteiger partial charge in [-0.3, -0.25) is 9.59 Å². The van der Waals surface area contributed by atoms with Gasteiger partial charge in [0.05, 0.1) is 6.04 Å². The molecule has 0 bridgehead atoms. The lowest BCUT2D eigenvalue weighted by molar-refractivity contribution is -0.127. The number of fused-ring (bicyclic) bond motifs is 1. The largest absolute Gasteiger partial charge is 0.481 e. The Morgan fingerprint density at radius 3 is 2.49 bits per heavy atom. The van der Waals surface area contributed by atoms with Crippen LogP contribution in [0.3, 0.4) is 0 Å². The van der Waals surface area contributed by atoms with E-state index in [2.05, 4.69) is 17.4 Å². The smallest absolute Gasteiger partial charge is 0.261 e. The topological polar surface area (TPSA) is 58.6 Å². The highest BCUT2D eigenvalue weighted by Gasteiger charge is 2.33. The van der Waals surface area contributed by atoms with Crippen LogP contribution in [0.15, 0.2) is 97.1 Å². The molecule has 39 heavy (non-hydrogen) atoms. The molecule has 4 aromatic carbocycles. The molecule has 1 aliphatic heterocycles. The summed E-state index contributed by atoms with van der Waals surface area (Å²) in [5.74, 6) is -0.0483. The van der Waals surface area contributed by atoms with E-state index in [1.165, 1.54) is 12.1 Å². The number of amides is 2. The number of halogens is 1. The highest BCUT2D eigenvalue weighted by atomic mass is 19.1. The van der Waals surface area contributed by atoms with Crippen molar-refractivity contribution >= 4 is 11.8 Å². The van der Waals surface area contributed by atoms with Crippen LogP contribution in [0.2, 0.25) is 0 Å². The van der Waals surface area contributed by atoms with Crippen LogP contribution in [0.4, 0.5) is 4.39 Å². The summed E-state index contributed by atoms with van der Waals surface area (Å²) < 4.78 is 19.2. The quantitative estimate of drug-likeness (QED) is 0.324. The molecule has 0 saturated heterocycles. The lowest BCUT2D eigenvalue weighted by Gasteiger charge is -2.38. The first-order chi connectivity index (χ1) is 18.9. The fraction of sp³-hybridized carbons (Fsp3) is 0.212. The zero-order chi connectivity index (χ0) is 27.4. The van der Waals surface area contributed by atoms with Gasteiger partial charge in [0.1, 0.15) is 11.6 Å². The van der Waals surface area contributed by atoms with Crippen molar-refractivity contribution in [3.63, 3.8) is 0 Å². The average Bonchev–Trinajstić information content (AvgIpc) is 2.96. The van der Waals surface area contributed by atoms with Crippen molar-refractivity contribution in [1.82, 2.24) is 10.2 Å². The molecule has 2 amide bonds. The molecule has 0 aromatic heterocycles. The lowest BCUT2D eigenvalue weighted by Crippen LogP contribution is -2.40. The summed E-state index contributed by atoms with van der Waals surface area (Å²) in [5.41, 5.74) is 5.74. The van der Waals surface area contributed by atoms with E-state index < -0.39 is 6.10 Å². The van der Waals surface area contributed by atoms with Crippen molar-refractivity contribution in [2.75, 3.05) is 6.54 Å². The number of carbonyl (C=O) groups is 2. The Morgan fingerprint density at radius 1 is 0.974 bits per heavy atom. The van der Waals surface area contributed by atoms with Gasteiger partial charge in [0.2, 0.25) is 0 Å². The molecule has 0 fully saturated rings. The van der Waals surface area contributed by atoms with Gasteiger partial charge in [0, 0.05) is 18.7 Å². The van der Waals surface area contributed by atoms with Crippen LogP contribution >= 0.6 is 0 Å². The van der Waals surface area contributed by atoms with E-state index in [1.807, 2.05) is 72.5 Å². The van der Waals surface area contributed by atoms with Crippen LogP contribution in [0.1, 0.15) is 51.1 Å². The summed E-state index contributed by atoms with van der Waals surface area (Å²) in [5, 5.41) is 2.84. The number of rotatable bonds is 7. The minimum Gasteiger partial charge on any atom is -0.481 e. The molecule has 4 aromatic rings. The van der Waals surface area contributed by atoms with Gasteiger partial charge in [-0.05, 0) is 78.9 Å². The maximum atomic E-state index is 13.7. The normalized spacial score (nSPS) is 15.3. The Kier molecular flexibility index (Phi) is 7.73. The van der Waals surface area contributed by atoms with Crippen LogP contribution in [0, 0.1) is 12.7 Å². The molecule has 2 atom stereocenters. The second-order valence-corrected chi connectivity index (χ2v) is 9.90. The fourth-order valence-corrected chi connectivity index (χ4v) is 5.02. The number of aryl methyl sites for hydroxylation is 1. The SMILES string of the molecule is Cc1cccc([C@H]2c3cc(O[C@@H](C)C(=O)NCc4ccc(F)cc4)ccc3CCN2C(=O)c2ccccc2)c1. The van der Waals surface area contributed by atoms with Crippen LogP contribution in [-0.2, 0) is 17.8 Å². The van der Waals surface area contributed by atoms with E-state index >= 15 is 0 Å². The molecule has 1 heterocycles. The Labute approximate surface area is 228 Å². The number of hydrogen-bond donors (Lipinski definition) is 1. The average molecular weight is 523 g/mol. The predicted molar refractivity (Wildman–Crippen MR) is 149 cm³/mol. The van der Waals surface area contributed by atoms with Crippen molar-refractivity contribution in [1.29, 1.82) is 0 Å². The van der Waals surface area contributed by atoms with Gasteiger partial charge < -0.3 is 15.0 Å². The maximum Gasteiger partial charge on any atom is 0.261 e. The van der Waals surface area contributed by atoms with Crippen LogP contribution in [0.25, 0.3) is 0 Å². The Balaban J connectivity index is 1.39. The number of carbonyl (C=O) groups excluding carboxylic acids is 2. The summed E-state index contributed by atoms with van der Waals surface area (Å²) >= 11 is 0. The molecule has 6 heteroatoms. The van der Waals surface area contributed by atoms with Gasteiger partial charge in [-0.2, -0.15) is 0 Å². The lowest BCUT2D eigenvalue weighted by atomic mass is 9.87. The number of benzene rings is 4. The third-order valence-corrected chi connectivity index (χ3v) is 7.05. The van der Waals surface area contributed by atoms with E-state index in [1.54, 1.807) is 19.1 Å². The summed E-state index contributed by atoms with van der Waals surface area (Å²) in [6.45, 7) is 4.62. The van der Waals surface area contributed by atoms with E-state index in [9.17, 15) is 14.0 Å². The predicted octanol–water partition coefficient (Wildman–Crippen LogP) is 6.01. The van der Waals surface area contributed by atoms with Gasteiger partial charge in [-0.15, -0.1) is 0 Å². The van der Waals surface area contributed by atoms with Crippen LogP contribution in [0.5, 0.6) is 5.75 Å². The molecule has 1 aliphatic rings. The molecular formula is C33H31FN2O3. The van der Waals surface area contributed by atoms with E-state index in [-0.39, 0.29) is 30.2 Å². The second-order valence-electron chi connectivity index (χ2n) is 9.90. The molecule has 0 unspecified atom stereocenters. The van der Waals surface area contributed by atoms with E-state index in [0.717, 1.165) is 34.2 Å². The molecule has 5 rings (SSSR count). The molecular weight excluding hydrogens is 491 g/mol. The fourth-order valence-electron chi connectivity index (χ4n) is 5.02. The van der Waals surface area contributed by atoms with Crippen LogP contribution in [-0.4, -0.2) is 29.4 Å². The van der Waals surface area contributed by atoms with E-state index in [0.29, 0.717) is 17.9 Å². The summed E-state index contributed by atoms with van der Waals surface area (Å²) in [6, 6.07) is 29.2. The zero-order valence-corrected chi connectivity index (χ0v) is 22.1. The third-order valence-electron chi connectivity index (χ3n) is 7.05. The van der Waals surface area contributed by atoms with Crippen molar-refractivity contribution in [2.45, 2.75) is 39.0 Å². The van der Waals surface area contributed by atoms with E-state index in [4.69, 9.17) is 4.74 Å². The number of ether oxygens (including phenoxy) is 1. The molecule has 198 valence electrons. The van der Waals surface area contributed by atoms with Gasteiger partial charge in [0.25, 0.3) is 11.8 Å². The highest BCUT2D eigenvalue weighted by molar-refractivity contribution is 5.95. The van der Waals surface area contributed by atoms with Gasteiger partial charge in [0.15, 0.2) is 6.10 Å². The maximum absolute atomic E-state index is 13.7. The molecule has 0 saturated carbocycles. The molecule has 0 radical (unpaired) electrons. The Bertz CT molecular complexity index is 1470. The number of nitrogens with one attached hydrogen (secondary N) is 1. The van der Waals surface area contributed by atoms with Gasteiger partial charge >= 0.3 is 0 Å². The van der Waals surface area contributed by atoms with Crippen LogP contribution < -0.4 is 10.1 Å². The standard InChI is InChI=1S/C33H31FN2O3/c1-22-7-6-10-27(19-22)31-30-20-29(39-23(2)32(37)35-21-24-11-14-28(34)15-12-24)16-13-25(30)17-18-36(31)33(38)26-8-4-3-5-9-26/h3-16,19-20,23,31H,17-18,21H2,1-2H3,(H,35,37)/t23-,31-/m0/s1. The second kappa shape index (κ2) is 11.5. The summed E-state index contributed by atoms with van der Waals surface area (Å²) in [6.07, 6.45) is -0.0175. The first-order valence-corrected chi connectivity index (χ1v) is 13.1. The number of nitrogens with zero attached hydrogens (tertiary/aromatic N) is 1. The monoisotopic (exact) mass is 522 g/mol. The Hall–Kier alpha value is -4.45. The van der Waals surface area contributed by atoms with Crippen molar-refractivity contribution in [2.24, 2.45) is 0 Å². The van der Waals surface area contributed by atoms with Crippen molar-refractivity contribution in [3.8, 4) is 5.75 Å². The van der Waals surface area contributed by atoms with Gasteiger partial charge in [-0.25, -0.2) is 4.39 Å². The minimum atomic E-state index is -0.744. The third kappa shape index (κ3) is 6.01. The highest BCUT2D eigenvalue weighted by Crippen LogP contribution is 2.38. The molecule has 1 N–H and O–H groups in total. The first-order valence-electron chi connectivity index (χ1n) is 13.1. The summed E-state index contributed by atoms with van der Waals surface area (Å²) in [4.78, 5) is 28.3. The Morgan fingerprint density at radius 2 is 1.74 bits per heavy atom. The van der Waals surface area contributed by atoms with Gasteiger partial charge in [-0.1, -0.05) is 66.2 Å². The summed E-state index contributed by atoms with van der Waals surface area (Å²) in [7, 11) is 0. The van der Waals surface area contributed by atoms with Crippen molar-refractivity contribution in [3.05, 3.63) is 136 Å². The number of hydrogen-bond acceptors (Lipinski definition) is 3.